The zero-order valence-corrected chi connectivity index (χ0v) is 14.1. The largest absolute Gasteiger partial charge is 0.311 e. The standard InChI is InChI=1S/C16H16N2O2S2/c1-3-4-9-18-15(20)13(22-16(18)21)12-10-7-5-6-8-11(10)17(2)14(12)19/h5-8H,3-4,9H2,1-2H3/b13-12-. The van der Waals surface area contributed by atoms with Gasteiger partial charge in [-0.2, -0.15) is 0 Å². The summed E-state index contributed by atoms with van der Waals surface area (Å²) in [5, 5.41) is 0. The molecular weight excluding hydrogens is 316 g/mol. The predicted molar refractivity (Wildman–Crippen MR) is 93.6 cm³/mol. The normalized spacial score (nSPS) is 21.1. The number of hydrogen-bond acceptors (Lipinski definition) is 4. The van der Waals surface area contributed by atoms with Crippen LogP contribution < -0.4 is 4.90 Å². The number of hydrogen-bond donors (Lipinski definition) is 0. The maximum Gasteiger partial charge on any atom is 0.267 e. The number of thioether (sulfide) groups is 1. The first-order chi connectivity index (χ1) is 10.6. The molecule has 6 heteroatoms. The zero-order valence-electron chi connectivity index (χ0n) is 12.5. The molecule has 0 aliphatic carbocycles. The van der Waals surface area contributed by atoms with Crippen molar-refractivity contribution in [3.05, 3.63) is 34.7 Å². The van der Waals surface area contributed by atoms with Gasteiger partial charge in [-0.15, -0.1) is 0 Å². The van der Waals surface area contributed by atoms with Gasteiger partial charge in [-0.1, -0.05) is 55.5 Å². The van der Waals surface area contributed by atoms with Crippen molar-refractivity contribution in [3.8, 4) is 0 Å². The summed E-state index contributed by atoms with van der Waals surface area (Å²) in [6.07, 6.45) is 1.90. The van der Waals surface area contributed by atoms with Crippen molar-refractivity contribution < 1.29 is 9.59 Å². The van der Waals surface area contributed by atoms with Crippen molar-refractivity contribution >= 4 is 51.4 Å². The minimum absolute atomic E-state index is 0.141. The van der Waals surface area contributed by atoms with Gasteiger partial charge in [0.1, 0.15) is 4.32 Å². The van der Waals surface area contributed by atoms with Crippen LogP contribution in [0.1, 0.15) is 25.3 Å². The van der Waals surface area contributed by atoms with Crippen molar-refractivity contribution in [2.24, 2.45) is 0 Å². The first kappa shape index (κ1) is 15.2. The number of fused-ring (bicyclic) bond motifs is 1. The molecule has 2 aliphatic rings. The predicted octanol–water partition coefficient (Wildman–Crippen LogP) is 3.03. The minimum atomic E-state index is -0.142. The molecule has 0 spiro atoms. The van der Waals surface area contributed by atoms with Crippen LogP contribution in [0, 0.1) is 0 Å². The van der Waals surface area contributed by atoms with E-state index in [1.165, 1.54) is 11.8 Å². The van der Waals surface area contributed by atoms with E-state index in [1.54, 1.807) is 16.8 Å². The third-order valence-electron chi connectivity index (χ3n) is 3.86. The molecular formula is C16H16N2O2S2. The van der Waals surface area contributed by atoms with Crippen molar-refractivity contribution in [3.63, 3.8) is 0 Å². The highest BCUT2D eigenvalue weighted by Gasteiger charge is 2.40. The number of likely N-dealkylation sites (N-methyl/N-ethyl adjacent to an activating group) is 1. The van der Waals surface area contributed by atoms with E-state index in [4.69, 9.17) is 12.2 Å². The number of para-hydroxylation sites is 1. The van der Waals surface area contributed by atoms with E-state index in [1.807, 2.05) is 24.3 Å². The van der Waals surface area contributed by atoms with Crippen LogP contribution in [0.25, 0.3) is 5.57 Å². The number of rotatable bonds is 3. The Bertz CT molecular complexity index is 712. The smallest absolute Gasteiger partial charge is 0.267 e. The van der Waals surface area contributed by atoms with Crippen LogP contribution in [0.15, 0.2) is 29.2 Å². The van der Waals surface area contributed by atoms with E-state index in [0.717, 1.165) is 24.1 Å². The lowest BCUT2D eigenvalue weighted by Crippen LogP contribution is -2.29. The second kappa shape index (κ2) is 5.85. The molecule has 0 N–H and O–H groups in total. The van der Waals surface area contributed by atoms with Gasteiger partial charge in [0.2, 0.25) is 0 Å². The third kappa shape index (κ3) is 2.27. The number of thiocarbonyl (C=S) groups is 1. The molecule has 0 bridgehead atoms. The number of carbonyl (C=O) groups is 2. The first-order valence-corrected chi connectivity index (χ1v) is 8.44. The molecule has 0 unspecified atom stereocenters. The minimum Gasteiger partial charge on any atom is -0.311 e. The molecule has 1 aromatic carbocycles. The number of anilines is 1. The van der Waals surface area contributed by atoms with Gasteiger partial charge >= 0.3 is 0 Å². The second-order valence-corrected chi connectivity index (χ2v) is 6.91. The number of amides is 2. The van der Waals surface area contributed by atoms with E-state index >= 15 is 0 Å². The fraction of sp³-hybridized carbons (Fsp3) is 0.312. The van der Waals surface area contributed by atoms with Gasteiger partial charge in [0.05, 0.1) is 16.2 Å². The Hall–Kier alpha value is -1.66. The maximum absolute atomic E-state index is 12.7. The fourth-order valence-corrected chi connectivity index (χ4v) is 4.03. The summed E-state index contributed by atoms with van der Waals surface area (Å²) in [6, 6.07) is 7.53. The van der Waals surface area contributed by atoms with E-state index in [0.29, 0.717) is 21.3 Å². The lowest BCUT2D eigenvalue weighted by atomic mass is 10.1. The quantitative estimate of drug-likeness (QED) is 0.630. The van der Waals surface area contributed by atoms with Crippen LogP contribution >= 0.6 is 24.0 Å². The third-order valence-corrected chi connectivity index (χ3v) is 5.31. The van der Waals surface area contributed by atoms with Crippen molar-refractivity contribution in [2.75, 3.05) is 18.5 Å². The summed E-state index contributed by atoms with van der Waals surface area (Å²) in [7, 11) is 1.73. The Morgan fingerprint density at radius 3 is 2.64 bits per heavy atom. The number of benzene rings is 1. The Kier molecular flexibility index (Phi) is 4.06. The topological polar surface area (TPSA) is 40.6 Å². The Labute approximate surface area is 139 Å². The molecule has 114 valence electrons. The molecule has 4 nitrogen and oxygen atoms in total. The zero-order chi connectivity index (χ0) is 15.9. The van der Waals surface area contributed by atoms with Crippen LogP contribution in [0.2, 0.25) is 0 Å². The Morgan fingerprint density at radius 2 is 1.91 bits per heavy atom. The number of unbranched alkanes of at least 4 members (excludes halogenated alkanes) is 1. The molecule has 1 fully saturated rings. The molecule has 0 atom stereocenters. The summed E-state index contributed by atoms with van der Waals surface area (Å²) in [5.74, 6) is -0.283. The summed E-state index contributed by atoms with van der Waals surface area (Å²) >= 11 is 6.56. The van der Waals surface area contributed by atoms with E-state index in [9.17, 15) is 9.59 Å². The summed E-state index contributed by atoms with van der Waals surface area (Å²) in [4.78, 5) is 28.9. The monoisotopic (exact) mass is 332 g/mol. The molecule has 0 saturated carbocycles. The molecule has 22 heavy (non-hydrogen) atoms. The van der Waals surface area contributed by atoms with Gasteiger partial charge in [-0.05, 0) is 12.5 Å². The summed E-state index contributed by atoms with van der Waals surface area (Å²) in [6.45, 7) is 2.69. The molecule has 0 aromatic heterocycles. The van der Waals surface area contributed by atoms with E-state index in [2.05, 4.69) is 6.92 Å². The molecule has 2 heterocycles. The highest BCUT2D eigenvalue weighted by Crippen LogP contribution is 2.43. The lowest BCUT2D eigenvalue weighted by Gasteiger charge is -2.13. The van der Waals surface area contributed by atoms with Crippen LogP contribution in [0.5, 0.6) is 0 Å². The lowest BCUT2D eigenvalue weighted by molar-refractivity contribution is -0.122. The van der Waals surface area contributed by atoms with Crippen molar-refractivity contribution in [2.45, 2.75) is 19.8 Å². The molecule has 1 saturated heterocycles. The van der Waals surface area contributed by atoms with Crippen LogP contribution in [-0.2, 0) is 9.59 Å². The van der Waals surface area contributed by atoms with Gasteiger partial charge in [0.25, 0.3) is 11.8 Å². The Balaban J connectivity index is 2.06. The van der Waals surface area contributed by atoms with E-state index < -0.39 is 0 Å². The maximum atomic E-state index is 12.7. The van der Waals surface area contributed by atoms with Gasteiger partial charge in [-0.25, -0.2) is 0 Å². The average molecular weight is 332 g/mol. The molecule has 1 aromatic rings. The van der Waals surface area contributed by atoms with Gasteiger partial charge in [0.15, 0.2) is 0 Å². The molecule has 0 radical (unpaired) electrons. The molecule has 2 amide bonds. The van der Waals surface area contributed by atoms with Gasteiger partial charge < -0.3 is 4.90 Å². The average Bonchev–Trinajstić information content (AvgIpc) is 2.93. The van der Waals surface area contributed by atoms with Crippen LogP contribution in [0.4, 0.5) is 5.69 Å². The van der Waals surface area contributed by atoms with E-state index in [-0.39, 0.29) is 11.8 Å². The highest BCUT2D eigenvalue weighted by atomic mass is 32.2. The second-order valence-electron chi connectivity index (χ2n) is 5.26. The summed E-state index contributed by atoms with van der Waals surface area (Å²) in [5.41, 5.74) is 2.13. The van der Waals surface area contributed by atoms with Crippen LogP contribution in [-0.4, -0.2) is 34.6 Å². The van der Waals surface area contributed by atoms with Gasteiger partial charge in [0, 0.05) is 19.2 Å². The highest BCUT2D eigenvalue weighted by molar-refractivity contribution is 8.26. The van der Waals surface area contributed by atoms with Gasteiger partial charge in [-0.3, -0.25) is 14.5 Å². The molecule has 2 aliphatic heterocycles. The van der Waals surface area contributed by atoms with Crippen LogP contribution in [0.3, 0.4) is 0 Å². The number of nitrogens with zero attached hydrogens (tertiary/aromatic N) is 2. The molecule has 3 rings (SSSR count). The summed E-state index contributed by atoms with van der Waals surface area (Å²) < 4.78 is 0.542. The Morgan fingerprint density at radius 1 is 1.18 bits per heavy atom. The fourth-order valence-electron chi connectivity index (χ4n) is 2.65. The van der Waals surface area contributed by atoms with Crippen molar-refractivity contribution in [1.29, 1.82) is 0 Å². The number of carbonyl (C=O) groups excluding carboxylic acids is 2. The first-order valence-electron chi connectivity index (χ1n) is 7.21. The van der Waals surface area contributed by atoms with Crippen molar-refractivity contribution in [1.82, 2.24) is 4.90 Å². The SMILES string of the molecule is CCCCN1C(=O)/C(=C2/C(=O)N(C)c3ccccc32)SC1=S.